The summed E-state index contributed by atoms with van der Waals surface area (Å²) in [6, 6.07) is 8.84. The first-order valence-corrected chi connectivity index (χ1v) is 10.2. The third-order valence-corrected chi connectivity index (χ3v) is 5.69. The summed E-state index contributed by atoms with van der Waals surface area (Å²) >= 11 is 0. The molecule has 0 aliphatic carbocycles. The van der Waals surface area contributed by atoms with Crippen LogP contribution >= 0.6 is 0 Å². The Kier molecular flexibility index (Phi) is 5.62. The van der Waals surface area contributed by atoms with E-state index in [0.29, 0.717) is 44.1 Å². The van der Waals surface area contributed by atoms with E-state index in [2.05, 4.69) is 41.0 Å². The van der Waals surface area contributed by atoms with Crippen molar-refractivity contribution in [2.24, 2.45) is 5.92 Å². The number of aromatic nitrogens is 2. The summed E-state index contributed by atoms with van der Waals surface area (Å²) in [6.07, 6.45) is 1.63. The van der Waals surface area contributed by atoms with Gasteiger partial charge in [0.25, 0.3) is 0 Å². The predicted octanol–water partition coefficient (Wildman–Crippen LogP) is 2.94. The molecule has 7 heteroatoms. The molecule has 28 heavy (non-hydrogen) atoms. The molecule has 1 aromatic carbocycles. The Morgan fingerprint density at radius 3 is 2.39 bits per heavy atom. The summed E-state index contributed by atoms with van der Waals surface area (Å²) in [7, 11) is 0. The lowest BCUT2D eigenvalue weighted by molar-refractivity contribution is -0.140. The van der Waals surface area contributed by atoms with Crippen molar-refractivity contribution in [2.75, 3.05) is 44.3 Å². The smallest absolute Gasteiger partial charge is 0.324 e. The van der Waals surface area contributed by atoms with Crippen molar-refractivity contribution in [3.63, 3.8) is 0 Å². The molecular weight excluding hydrogens is 356 g/mol. The van der Waals surface area contributed by atoms with E-state index in [1.807, 2.05) is 17.0 Å². The van der Waals surface area contributed by atoms with Crippen molar-refractivity contribution in [3.05, 3.63) is 29.8 Å². The highest BCUT2D eigenvalue weighted by atomic mass is 16.5. The fourth-order valence-electron chi connectivity index (χ4n) is 3.84. The number of hydrogen-bond donors (Lipinski definition) is 0. The minimum Gasteiger partial charge on any atom is -0.378 e. The van der Waals surface area contributed by atoms with Gasteiger partial charge in [-0.1, -0.05) is 43.3 Å². The number of benzene rings is 1. The van der Waals surface area contributed by atoms with Crippen molar-refractivity contribution in [3.8, 4) is 11.4 Å². The maximum absolute atomic E-state index is 12.7. The highest BCUT2D eigenvalue weighted by Crippen LogP contribution is 2.26. The first-order valence-electron chi connectivity index (χ1n) is 10.2. The Balaban J connectivity index is 1.35. The quantitative estimate of drug-likeness (QED) is 0.807. The molecule has 150 valence electrons. The van der Waals surface area contributed by atoms with Crippen molar-refractivity contribution in [2.45, 2.75) is 32.6 Å². The normalized spacial score (nSPS) is 18.7. The summed E-state index contributed by atoms with van der Waals surface area (Å²) in [4.78, 5) is 21.3. The molecule has 7 nitrogen and oxygen atoms in total. The zero-order valence-corrected chi connectivity index (χ0v) is 16.6. The van der Waals surface area contributed by atoms with Gasteiger partial charge in [-0.25, -0.2) is 0 Å². The van der Waals surface area contributed by atoms with Crippen LogP contribution in [0.25, 0.3) is 11.4 Å². The molecule has 0 saturated carbocycles. The third-order valence-electron chi connectivity index (χ3n) is 5.69. The Morgan fingerprint density at radius 1 is 1.07 bits per heavy atom. The lowest BCUT2D eigenvalue weighted by atomic mass is 9.95. The topological polar surface area (TPSA) is 71.7 Å². The standard InChI is InChI=1S/C21H28N4O3/c1-15(2)16-3-5-17(6-4-16)19-22-21(28-23-19)25-9-7-18(8-10-25)20(26)24-11-13-27-14-12-24/h3-6,15,18H,7-14H2,1-2H3. The van der Waals surface area contributed by atoms with Crippen molar-refractivity contribution in [1.29, 1.82) is 0 Å². The van der Waals surface area contributed by atoms with Crippen LogP contribution in [0.15, 0.2) is 28.8 Å². The van der Waals surface area contributed by atoms with Gasteiger partial charge in [0.15, 0.2) is 0 Å². The van der Waals surface area contributed by atoms with Gasteiger partial charge in [0.2, 0.25) is 11.7 Å². The first kappa shape index (κ1) is 18.9. The van der Waals surface area contributed by atoms with Gasteiger partial charge >= 0.3 is 6.01 Å². The lowest BCUT2D eigenvalue weighted by Gasteiger charge is -2.34. The summed E-state index contributed by atoms with van der Waals surface area (Å²) in [6.45, 7) is 8.58. The molecule has 4 rings (SSSR count). The molecule has 1 aromatic heterocycles. The van der Waals surface area contributed by atoms with E-state index >= 15 is 0 Å². The number of morpholine rings is 1. The maximum atomic E-state index is 12.7. The number of ether oxygens (including phenoxy) is 1. The minimum absolute atomic E-state index is 0.0836. The molecule has 0 radical (unpaired) electrons. The number of carbonyl (C=O) groups excluding carboxylic acids is 1. The first-order chi connectivity index (χ1) is 13.6. The monoisotopic (exact) mass is 384 g/mol. The molecule has 2 aliphatic heterocycles. The Bertz CT molecular complexity index is 788. The van der Waals surface area contributed by atoms with E-state index in [4.69, 9.17) is 9.26 Å². The van der Waals surface area contributed by atoms with Crippen LogP contribution in [-0.4, -0.2) is 60.3 Å². The Labute approximate surface area is 165 Å². The molecule has 0 unspecified atom stereocenters. The molecule has 2 aromatic rings. The number of piperidine rings is 1. The Morgan fingerprint density at radius 2 is 1.75 bits per heavy atom. The Hall–Kier alpha value is -2.41. The molecule has 2 fully saturated rings. The van der Waals surface area contributed by atoms with Crippen LogP contribution in [0, 0.1) is 5.92 Å². The van der Waals surface area contributed by atoms with Gasteiger partial charge in [-0.05, 0) is 24.3 Å². The van der Waals surface area contributed by atoms with Gasteiger partial charge in [-0.15, -0.1) is 0 Å². The second-order valence-corrected chi connectivity index (χ2v) is 7.88. The number of nitrogens with zero attached hydrogens (tertiary/aromatic N) is 4. The van der Waals surface area contributed by atoms with Gasteiger partial charge in [-0.3, -0.25) is 4.79 Å². The van der Waals surface area contributed by atoms with Gasteiger partial charge in [0, 0.05) is 37.7 Å². The third kappa shape index (κ3) is 4.04. The molecule has 0 spiro atoms. The van der Waals surface area contributed by atoms with Crippen LogP contribution in [-0.2, 0) is 9.53 Å². The molecule has 1 amide bonds. The summed E-state index contributed by atoms with van der Waals surface area (Å²) in [5.41, 5.74) is 2.25. The summed E-state index contributed by atoms with van der Waals surface area (Å²) in [5, 5.41) is 4.15. The average molecular weight is 384 g/mol. The van der Waals surface area contributed by atoms with Crippen molar-refractivity contribution < 1.29 is 14.1 Å². The zero-order valence-electron chi connectivity index (χ0n) is 16.6. The number of hydrogen-bond acceptors (Lipinski definition) is 6. The second kappa shape index (κ2) is 8.31. The summed E-state index contributed by atoms with van der Waals surface area (Å²) in [5.74, 6) is 1.45. The second-order valence-electron chi connectivity index (χ2n) is 7.88. The van der Waals surface area contributed by atoms with E-state index < -0.39 is 0 Å². The van der Waals surface area contributed by atoms with Gasteiger partial charge in [-0.2, -0.15) is 4.98 Å². The number of rotatable bonds is 4. The van der Waals surface area contributed by atoms with Gasteiger partial charge in [0.1, 0.15) is 0 Å². The average Bonchev–Trinajstić information content (AvgIpc) is 3.24. The fraction of sp³-hybridized carbons (Fsp3) is 0.571. The molecule has 2 aliphatic rings. The SMILES string of the molecule is CC(C)c1ccc(-c2noc(N3CCC(C(=O)N4CCOCC4)CC3)n2)cc1. The van der Waals surface area contributed by atoms with E-state index in [9.17, 15) is 4.79 Å². The molecule has 3 heterocycles. The van der Waals surface area contributed by atoms with E-state index in [0.717, 1.165) is 31.5 Å². The maximum Gasteiger partial charge on any atom is 0.324 e. The minimum atomic E-state index is 0.0836. The van der Waals surface area contributed by atoms with Crippen LogP contribution in [0.2, 0.25) is 0 Å². The van der Waals surface area contributed by atoms with E-state index in [1.54, 1.807) is 0 Å². The van der Waals surface area contributed by atoms with Crippen LogP contribution in [0.1, 0.15) is 38.2 Å². The van der Waals surface area contributed by atoms with E-state index in [-0.39, 0.29) is 11.8 Å². The van der Waals surface area contributed by atoms with Crippen LogP contribution < -0.4 is 4.90 Å². The molecule has 0 atom stereocenters. The molecular formula is C21H28N4O3. The number of carbonyl (C=O) groups is 1. The van der Waals surface area contributed by atoms with Crippen LogP contribution in [0.5, 0.6) is 0 Å². The highest BCUT2D eigenvalue weighted by Gasteiger charge is 2.31. The predicted molar refractivity (Wildman–Crippen MR) is 106 cm³/mol. The van der Waals surface area contributed by atoms with Crippen molar-refractivity contribution in [1.82, 2.24) is 15.0 Å². The lowest BCUT2D eigenvalue weighted by Crippen LogP contribution is -2.46. The number of amides is 1. The van der Waals surface area contributed by atoms with Gasteiger partial charge < -0.3 is 19.1 Å². The van der Waals surface area contributed by atoms with Gasteiger partial charge in [0.05, 0.1) is 13.2 Å². The zero-order chi connectivity index (χ0) is 19.5. The molecule has 0 bridgehead atoms. The molecule has 2 saturated heterocycles. The molecule has 0 N–H and O–H groups in total. The van der Waals surface area contributed by atoms with Crippen molar-refractivity contribution >= 4 is 11.9 Å². The highest BCUT2D eigenvalue weighted by molar-refractivity contribution is 5.79. The summed E-state index contributed by atoms with van der Waals surface area (Å²) < 4.78 is 10.8. The van der Waals surface area contributed by atoms with Crippen LogP contribution in [0.4, 0.5) is 6.01 Å². The van der Waals surface area contributed by atoms with E-state index in [1.165, 1.54) is 5.56 Å². The van der Waals surface area contributed by atoms with Crippen LogP contribution in [0.3, 0.4) is 0 Å². The number of anilines is 1. The largest absolute Gasteiger partial charge is 0.378 e. The fourth-order valence-corrected chi connectivity index (χ4v) is 3.84.